The minimum atomic E-state index is -0.751. The number of carbonyl (C=O) groups excluding carboxylic acids is 2. The highest BCUT2D eigenvalue weighted by Gasteiger charge is 2.34. The van der Waals surface area contributed by atoms with Gasteiger partial charge in [0, 0.05) is 23.7 Å². The number of ether oxygens (including phenoxy) is 1. The first-order chi connectivity index (χ1) is 14.8. The van der Waals surface area contributed by atoms with Crippen LogP contribution in [0.2, 0.25) is 5.02 Å². The minimum absolute atomic E-state index is 0.147. The van der Waals surface area contributed by atoms with Crippen LogP contribution in [0.15, 0.2) is 42.5 Å². The fourth-order valence-corrected chi connectivity index (χ4v) is 3.95. The van der Waals surface area contributed by atoms with Crippen molar-refractivity contribution in [1.29, 1.82) is 0 Å². The highest BCUT2D eigenvalue weighted by atomic mass is 35.5. The highest BCUT2D eigenvalue weighted by molar-refractivity contribution is 6.31. The number of amides is 3. The van der Waals surface area contributed by atoms with E-state index in [2.05, 4.69) is 10.6 Å². The maximum atomic E-state index is 13.2. The molecule has 0 aromatic heterocycles. The molecule has 0 radical (unpaired) electrons. The van der Waals surface area contributed by atoms with E-state index in [1.807, 2.05) is 7.05 Å². The van der Waals surface area contributed by atoms with Crippen molar-refractivity contribution in [2.75, 3.05) is 32.1 Å². The second-order valence-electron chi connectivity index (χ2n) is 7.63. The minimum Gasteiger partial charge on any atom is -0.482 e. The van der Waals surface area contributed by atoms with Crippen molar-refractivity contribution in [3.05, 3.63) is 58.9 Å². The lowest BCUT2D eigenvalue weighted by atomic mass is 9.82. The number of likely N-dealkylation sites (N-methyl/N-ethyl adjacent to an activating group) is 1. The van der Waals surface area contributed by atoms with Gasteiger partial charge in [0.1, 0.15) is 11.6 Å². The molecule has 3 rings (SSSR count). The van der Waals surface area contributed by atoms with Crippen LogP contribution < -0.4 is 21.1 Å². The van der Waals surface area contributed by atoms with Gasteiger partial charge in [-0.1, -0.05) is 23.7 Å². The van der Waals surface area contributed by atoms with Gasteiger partial charge >= 0.3 is 6.03 Å². The normalized spacial score (nSPS) is 15.4. The van der Waals surface area contributed by atoms with Crippen molar-refractivity contribution in [1.82, 2.24) is 10.2 Å². The van der Waals surface area contributed by atoms with Crippen molar-refractivity contribution >= 4 is 29.2 Å². The molecule has 0 saturated carbocycles. The van der Waals surface area contributed by atoms with Crippen LogP contribution in [-0.4, -0.2) is 49.1 Å². The summed E-state index contributed by atoms with van der Waals surface area (Å²) < 4.78 is 18.8. The number of halogens is 2. The molecule has 166 valence electrons. The van der Waals surface area contributed by atoms with Gasteiger partial charge in [-0.05, 0) is 62.2 Å². The van der Waals surface area contributed by atoms with E-state index < -0.39 is 6.03 Å². The lowest BCUT2D eigenvalue weighted by Crippen LogP contribution is -2.55. The van der Waals surface area contributed by atoms with Gasteiger partial charge in [-0.2, -0.15) is 0 Å². The number of nitrogens with two attached hydrogens (primary N) is 1. The van der Waals surface area contributed by atoms with E-state index in [1.165, 1.54) is 18.2 Å². The van der Waals surface area contributed by atoms with Crippen LogP contribution in [0, 0.1) is 5.82 Å². The van der Waals surface area contributed by atoms with Gasteiger partial charge in [-0.25, -0.2) is 9.18 Å². The fourth-order valence-electron chi connectivity index (χ4n) is 3.78. The van der Waals surface area contributed by atoms with Gasteiger partial charge in [0.05, 0.1) is 5.69 Å². The molecule has 0 aliphatic carbocycles. The second-order valence-corrected chi connectivity index (χ2v) is 8.07. The molecule has 2 aromatic rings. The summed E-state index contributed by atoms with van der Waals surface area (Å²) in [7, 11) is 1.91. The molecule has 1 aliphatic rings. The third-order valence-corrected chi connectivity index (χ3v) is 5.85. The van der Waals surface area contributed by atoms with E-state index >= 15 is 0 Å². The highest BCUT2D eigenvalue weighted by Crippen LogP contribution is 2.29. The fraction of sp³-hybridized carbons (Fsp3) is 0.364. The van der Waals surface area contributed by atoms with Crippen LogP contribution in [0.4, 0.5) is 14.9 Å². The predicted octanol–water partition coefficient (Wildman–Crippen LogP) is 3.17. The molecule has 9 heteroatoms. The summed E-state index contributed by atoms with van der Waals surface area (Å²) in [6.45, 7) is 0.994. The average molecular weight is 449 g/mol. The molecule has 1 saturated heterocycles. The Hall–Kier alpha value is -2.84. The molecule has 1 heterocycles. The number of primary amides is 1. The molecular weight excluding hydrogens is 423 g/mol. The molecule has 0 unspecified atom stereocenters. The molecule has 0 atom stereocenters. The quantitative estimate of drug-likeness (QED) is 0.606. The molecule has 3 amide bonds. The summed E-state index contributed by atoms with van der Waals surface area (Å²) in [4.78, 5) is 25.6. The van der Waals surface area contributed by atoms with Crippen molar-refractivity contribution in [2.45, 2.75) is 24.8 Å². The van der Waals surface area contributed by atoms with E-state index in [9.17, 15) is 14.0 Å². The van der Waals surface area contributed by atoms with Crippen molar-refractivity contribution in [3.8, 4) is 5.75 Å². The molecule has 4 N–H and O–H groups in total. The van der Waals surface area contributed by atoms with Gasteiger partial charge in [-0.3, -0.25) is 4.79 Å². The molecule has 1 fully saturated rings. The first-order valence-corrected chi connectivity index (χ1v) is 10.4. The van der Waals surface area contributed by atoms with E-state index in [1.54, 1.807) is 29.2 Å². The molecule has 2 aromatic carbocycles. The standard InChI is InChI=1S/C22H26ClFN4O3/c1-26-22(13-15-2-5-17(24)6-3-15)8-10-28(11-9-22)20(29)14-31-19-7-4-16(23)12-18(19)27-21(25)30/h2-7,12,26H,8-11,13-14H2,1H3,(H3,25,27,30). The van der Waals surface area contributed by atoms with Crippen LogP contribution >= 0.6 is 11.6 Å². The Bertz CT molecular complexity index is 931. The van der Waals surface area contributed by atoms with Crippen LogP contribution in [0.3, 0.4) is 0 Å². The SMILES string of the molecule is CNC1(Cc2ccc(F)cc2)CCN(C(=O)COc2ccc(Cl)cc2NC(N)=O)CC1. The number of benzene rings is 2. The number of likely N-dealkylation sites (tertiary alicyclic amines) is 1. The van der Waals surface area contributed by atoms with E-state index in [-0.39, 0.29) is 23.9 Å². The first-order valence-electron chi connectivity index (χ1n) is 10.0. The summed E-state index contributed by atoms with van der Waals surface area (Å²) in [6.07, 6.45) is 2.29. The number of hydrogen-bond donors (Lipinski definition) is 3. The van der Waals surface area contributed by atoms with Gasteiger partial charge in [0.15, 0.2) is 6.61 Å². The first kappa shape index (κ1) is 22.8. The largest absolute Gasteiger partial charge is 0.482 e. The number of nitrogens with zero attached hydrogens (tertiary/aromatic N) is 1. The van der Waals surface area contributed by atoms with E-state index in [0.717, 1.165) is 24.8 Å². The lowest BCUT2D eigenvalue weighted by molar-refractivity contribution is -0.135. The molecule has 0 bridgehead atoms. The number of nitrogens with one attached hydrogen (secondary N) is 2. The predicted molar refractivity (Wildman–Crippen MR) is 118 cm³/mol. The maximum Gasteiger partial charge on any atom is 0.316 e. The number of carbonyl (C=O) groups is 2. The number of urea groups is 1. The van der Waals surface area contributed by atoms with Gasteiger partial charge in [-0.15, -0.1) is 0 Å². The van der Waals surface area contributed by atoms with Crippen LogP contribution in [-0.2, 0) is 11.2 Å². The Morgan fingerprint density at radius 1 is 1.19 bits per heavy atom. The zero-order valence-electron chi connectivity index (χ0n) is 17.3. The molecule has 7 nitrogen and oxygen atoms in total. The van der Waals surface area contributed by atoms with Gasteiger partial charge in [0.25, 0.3) is 5.91 Å². The summed E-state index contributed by atoms with van der Waals surface area (Å²) in [5.74, 6) is -0.0848. The summed E-state index contributed by atoms with van der Waals surface area (Å²) in [6, 6.07) is 10.5. The lowest BCUT2D eigenvalue weighted by Gasteiger charge is -2.42. The smallest absolute Gasteiger partial charge is 0.316 e. The van der Waals surface area contributed by atoms with Gasteiger partial charge in [0.2, 0.25) is 0 Å². The Balaban J connectivity index is 1.56. The second kappa shape index (κ2) is 9.98. The number of piperidine rings is 1. The van der Waals surface area contributed by atoms with Crippen LogP contribution in [0.5, 0.6) is 5.75 Å². The zero-order valence-corrected chi connectivity index (χ0v) is 18.0. The number of rotatable bonds is 7. The van der Waals surface area contributed by atoms with Crippen LogP contribution in [0.25, 0.3) is 0 Å². The molecular formula is C22H26ClFN4O3. The monoisotopic (exact) mass is 448 g/mol. The molecule has 0 spiro atoms. The maximum absolute atomic E-state index is 13.2. The summed E-state index contributed by atoms with van der Waals surface area (Å²) >= 11 is 5.94. The average Bonchev–Trinajstić information content (AvgIpc) is 2.75. The zero-order chi connectivity index (χ0) is 22.4. The van der Waals surface area contributed by atoms with Crippen molar-refractivity contribution in [3.63, 3.8) is 0 Å². The van der Waals surface area contributed by atoms with E-state index in [4.69, 9.17) is 22.1 Å². The van der Waals surface area contributed by atoms with Crippen molar-refractivity contribution in [2.24, 2.45) is 5.73 Å². The third-order valence-electron chi connectivity index (χ3n) is 5.61. The Labute approximate surface area is 185 Å². The van der Waals surface area contributed by atoms with Crippen molar-refractivity contribution < 1.29 is 18.7 Å². The number of hydrogen-bond acceptors (Lipinski definition) is 4. The summed E-state index contributed by atoms with van der Waals surface area (Å²) in [5, 5.41) is 6.24. The van der Waals surface area contributed by atoms with Gasteiger partial charge < -0.3 is 26.0 Å². The Morgan fingerprint density at radius 3 is 2.48 bits per heavy atom. The topological polar surface area (TPSA) is 96.7 Å². The van der Waals surface area contributed by atoms with Crippen LogP contribution in [0.1, 0.15) is 18.4 Å². The Kier molecular flexibility index (Phi) is 7.35. The third kappa shape index (κ3) is 6.08. The summed E-state index contributed by atoms with van der Waals surface area (Å²) in [5.41, 5.74) is 6.38. The molecule has 31 heavy (non-hydrogen) atoms. The molecule has 1 aliphatic heterocycles. The Morgan fingerprint density at radius 2 is 1.87 bits per heavy atom. The van der Waals surface area contributed by atoms with E-state index in [0.29, 0.717) is 29.5 Å². The number of anilines is 1.